The maximum atomic E-state index is 9.45. The molecule has 0 unspecified atom stereocenters. The molecule has 0 radical (unpaired) electrons. The van der Waals surface area contributed by atoms with Crippen molar-refractivity contribution in [2.75, 3.05) is 25.0 Å². The average Bonchev–Trinajstić information content (AvgIpc) is 3.14. The second kappa shape index (κ2) is 7.95. The molecule has 1 aliphatic rings. The zero-order chi connectivity index (χ0) is 18.6. The van der Waals surface area contributed by atoms with Gasteiger partial charge in [0, 0.05) is 23.2 Å². The molecule has 1 aromatic carbocycles. The average molecular weight is 381 g/mol. The standard InChI is InChI=1S/C20H21ClN6/c21-16-4-5-19-18(11-16)15(12-22)10-20(25-19)24-17-13-23-27(14-17)9-8-26-6-2-1-3-7-26/h4-5,10-11,13-14H,1-3,6-9H2,(H,24,25). The number of nitrogens with zero attached hydrogens (tertiary/aromatic N) is 5. The second-order valence-electron chi connectivity index (χ2n) is 6.85. The van der Waals surface area contributed by atoms with E-state index in [-0.39, 0.29) is 0 Å². The molecule has 0 aliphatic carbocycles. The predicted octanol–water partition coefficient (Wildman–Crippen LogP) is 4.19. The molecule has 6 nitrogen and oxygen atoms in total. The lowest BCUT2D eigenvalue weighted by atomic mass is 10.1. The summed E-state index contributed by atoms with van der Waals surface area (Å²) in [4.78, 5) is 7.08. The lowest BCUT2D eigenvalue weighted by Gasteiger charge is -2.26. The van der Waals surface area contributed by atoms with Gasteiger partial charge in [-0.25, -0.2) is 4.98 Å². The van der Waals surface area contributed by atoms with Crippen molar-refractivity contribution in [2.24, 2.45) is 0 Å². The third-order valence-corrected chi connectivity index (χ3v) is 5.13. The fourth-order valence-corrected chi connectivity index (χ4v) is 3.65. The summed E-state index contributed by atoms with van der Waals surface area (Å²) in [6, 6.07) is 9.33. The Morgan fingerprint density at radius 2 is 2.00 bits per heavy atom. The lowest BCUT2D eigenvalue weighted by Crippen LogP contribution is -2.32. The molecule has 1 aliphatic heterocycles. The number of fused-ring (bicyclic) bond motifs is 1. The van der Waals surface area contributed by atoms with Crippen molar-refractivity contribution in [3.8, 4) is 6.07 Å². The predicted molar refractivity (Wildman–Crippen MR) is 107 cm³/mol. The normalized spacial score (nSPS) is 15.0. The minimum Gasteiger partial charge on any atom is -0.338 e. The fourth-order valence-electron chi connectivity index (χ4n) is 3.48. The van der Waals surface area contributed by atoms with Crippen LogP contribution in [-0.4, -0.2) is 39.3 Å². The molecule has 138 valence electrons. The van der Waals surface area contributed by atoms with Crippen LogP contribution in [0.4, 0.5) is 11.5 Å². The molecule has 1 N–H and O–H groups in total. The quantitative estimate of drug-likeness (QED) is 0.718. The summed E-state index contributed by atoms with van der Waals surface area (Å²) in [5.41, 5.74) is 2.14. The summed E-state index contributed by atoms with van der Waals surface area (Å²) in [5, 5.41) is 18.5. The number of hydrogen-bond acceptors (Lipinski definition) is 5. The van der Waals surface area contributed by atoms with E-state index >= 15 is 0 Å². The summed E-state index contributed by atoms with van der Waals surface area (Å²) in [5.74, 6) is 0.622. The van der Waals surface area contributed by atoms with Crippen molar-refractivity contribution in [1.82, 2.24) is 19.7 Å². The van der Waals surface area contributed by atoms with Crippen LogP contribution in [0.3, 0.4) is 0 Å². The number of aromatic nitrogens is 3. The first kappa shape index (κ1) is 17.8. The first-order valence-electron chi connectivity index (χ1n) is 9.23. The van der Waals surface area contributed by atoms with E-state index in [1.165, 1.54) is 32.4 Å². The molecular weight excluding hydrogens is 360 g/mol. The van der Waals surface area contributed by atoms with Gasteiger partial charge < -0.3 is 10.2 Å². The van der Waals surface area contributed by atoms with Crippen molar-refractivity contribution in [2.45, 2.75) is 25.8 Å². The Bertz CT molecular complexity index is 984. The van der Waals surface area contributed by atoms with Gasteiger partial charge in [0.2, 0.25) is 0 Å². The number of likely N-dealkylation sites (tertiary alicyclic amines) is 1. The number of piperidine rings is 1. The molecule has 7 heteroatoms. The number of anilines is 2. The smallest absolute Gasteiger partial charge is 0.132 e. The van der Waals surface area contributed by atoms with E-state index in [1.807, 2.05) is 16.9 Å². The van der Waals surface area contributed by atoms with Gasteiger partial charge in [-0.1, -0.05) is 18.0 Å². The van der Waals surface area contributed by atoms with Crippen LogP contribution in [0.25, 0.3) is 10.9 Å². The van der Waals surface area contributed by atoms with Crippen molar-refractivity contribution < 1.29 is 0 Å². The van der Waals surface area contributed by atoms with Crippen molar-refractivity contribution >= 4 is 34.0 Å². The summed E-state index contributed by atoms with van der Waals surface area (Å²) >= 11 is 6.04. The third kappa shape index (κ3) is 4.21. The summed E-state index contributed by atoms with van der Waals surface area (Å²) < 4.78 is 1.95. The molecule has 0 saturated carbocycles. The lowest BCUT2D eigenvalue weighted by molar-refractivity contribution is 0.218. The Hall–Kier alpha value is -2.62. The van der Waals surface area contributed by atoms with Gasteiger partial charge in [0.25, 0.3) is 0 Å². The zero-order valence-electron chi connectivity index (χ0n) is 15.0. The highest BCUT2D eigenvalue weighted by Crippen LogP contribution is 2.25. The summed E-state index contributed by atoms with van der Waals surface area (Å²) in [7, 11) is 0. The SMILES string of the molecule is N#Cc1cc(Nc2cnn(CCN3CCCCC3)c2)nc2ccc(Cl)cc12. The van der Waals surface area contributed by atoms with Gasteiger partial charge in [0.05, 0.1) is 35.6 Å². The Balaban J connectivity index is 1.47. The van der Waals surface area contributed by atoms with Crippen molar-refractivity contribution in [3.05, 3.63) is 47.2 Å². The molecule has 1 saturated heterocycles. The van der Waals surface area contributed by atoms with Crippen LogP contribution in [-0.2, 0) is 6.54 Å². The second-order valence-corrected chi connectivity index (χ2v) is 7.28. The van der Waals surface area contributed by atoms with Crippen molar-refractivity contribution in [3.63, 3.8) is 0 Å². The Kier molecular flexibility index (Phi) is 5.23. The van der Waals surface area contributed by atoms with Gasteiger partial charge in [-0.15, -0.1) is 0 Å². The first-order chi connectivity index (χ1) is 13.2. The van der Waals surface area contributed by atoms with Crippen LogP contribution in [0.5, 0.6) is 0 Å². The number of hydrogen-bond donors (Lipinski definition) is 1. The first-order valence-corrected chi connectivity index (χ1v) is 9.61. The van der Waals surface area contributed by atoms with Crippen LogP contribution in [0.2, 0.25) is 5.02 Å². The molecule has 1 fully saturated rings. The van der Waals surface area contributed by atoms with E-state index in [1.54, 1.807) is 24.4 Å². The van der Waals surface area contributed by atoms with Crippen LogP contribution in [0.15, 0.2) is 36.7 Å². The molecule has 0 spiro atoms. The minimum absolute atomic E-state index is 0.544. The maximum absolute atomic E-state index is 9.45. The van der Waals surface area contributed by atoms with Gasteiger partial charge >= 0.3 is 0 Å². The molecule has 0 bridgehead atoms. The van der Waals surface area contributed by atoms with Gasteiger partial charge in [-0.3, -0.25) is 4.68 Å². The van der Waals surface area contributed by atoms with E-state index in [2.05, 4.69) is 26.4 Å². The van der Waals surface area contributed by atoms with E-state index in [0.717, 1.165) is 29.7 Å². The maximum Gasteiger partial charge on any atom is 0.132 e. The highest BCUT2D eigenvalue weighted by molar-refractivity contribution is 6.31. The van der Waals surface area contributed by atoms with Gasteiger partial charge in [-0.05, 0) is 50.2 Å². The summed E-state index contributed by atoms with van der Waals surface area (Å²) in [6.45, 7) is 4.27. The molecule has 3 heterocycles. The molecular formula is C20H21ClN6. The van der Waals surface area contributed by atoms with Crippen LogP contribution >= 0.6 is 11.6 Å². The van der Waals surface area contributed by atoms with Crippen LogP contribution in [0, 0.1) is 11.3 Å². The number of nitriles is 1. The van der Waals surface area contributed by atoms with E-state index in [0.29, 0.717) is 16.4 Å². The molecule has 0 amide bonds. The van der Waals surface area contributed by atoms with E-state index in [4.69, 9.17) is 11.6 Å². The highest BCUT2D eigenvalue weighted by atomic mass is 35.5. The van der Waals surface area contributed by atoms with Gasteiger partial charge in [0.1, 0.15) is 5.82 Å². The number of halogens is 1. The van der Waals surface area contributed by atoms with Gasteiger partial charge in [-0.2, -0.15) is 10.4 Å². The number of pyridine rings is 1. The Morgan fingerprint density at radius 1 is 1.15 bits per heavy atom. The number of benzene rings is 1. The van der Waals surface area contributed by atoms with E-state index < -0.39 is 0 Å². The van der Waals surface area contributed by atoms with Crippen LogP contribution < -0.4 is 5.32 Å². The molecule has 4 rings (SSSR count). The zero-order valence-corrected chi connectivity index (χ0v) is 15.8. The molecule has 3 aromatic rings. The third-order valence-electron chi connectivity index (χ3n) is 4.89. The molecule has 2 aromatic heterocycles. The number of nitrogens with one attached hydrogen (secondary N) is 1. The van der Waals surface area contributed by atoms with E-state index in [9.17, 15) is 5.26 Å². The van der Waals surface area contributed by atoms with Gasteiger partial charge in [0.15, 0.2) is 0 Å². The Morgan fingerprint density at radius 3 is 2.81 bits per heavy atom. The molecule has 27 heavy (non-hydrogen) atoms. The monoisotopic (exact) mass is 380 g/mol. The largest absolute Gasteiger partial charge is 0.338 e. The highest BCUT2D eigenvalue weighted by Gasteiger charge is 2.11. The summed E-state index contributed by atoms with van der Waals surface area (Å²) in [6.07, 6.45) is 7.71. The fraction of sp³-hybridized carbons (Fsp3) is 0.350. The minimum atomic E-state index is 0.544. The Labute approximate surface area is 163 Å². The van der Waals surface area contributed by atoms with Crippen molar-refractivity contribution in [1.29, 1.82) is 5.26 Å². The molecule has 0 atom stereocenters. The number of rotatable bonds is 5. The van der Waals surface area contributed by atoms with Crippen LogP contribution in [0.1, 0.15) is 24.8 Å². The topological polar surface area (TPSA) is 69.8 Å².